The lowest BCUT2D eigenvalue weighted by molar-refractivity contribution is 0.367. The summed E-state index contributed by atoms with van der Waals surface area (Å²) in [6.45, 7) is 1.78. The summed E-state index contributed by atoms with van der Waals surface area (Å²) in [5.74, 6) is -2.72. The van der Waals surface area contributed by atoms with Crippen molar-refractivity contribution in [1.29, 1.82) is 0 Å². The van der Waals surface area contributed by atoms with E-state index in [1.807, 2.05) is 12.1 Å². The maximum Gasteiger partial charge on any atom is 0.271 e. The van der Waals surface area contributed by atoms with E-state index in [9.17, 15) is 17.2 Å². The summed E-state index contributed by atoms with van der Waals surface area (Å²) < 4.78 is 59.7. The number of aromatic nitrogens is 1. The monoisotopic (exact) mass is 378 g/mol. The van der Waals surface area contributed by atoms with Crippen LogP contribution in [0.2, 0.25) is 0 Å². The van der Waals surface area contributed by atoms with Gasteiger partial charge in [0, 0.05) is 30.6 Å². The van der Waals surface area contributed by atoms with Gasteiger partial charge in [-0.25, -0.2) is 16.8 Å². The first-order valence-corrected chi connectivity index (χ1v) is 9.47. The molecule has 1 aliphatic rings. The minimum absolute atomic E-state index is 0.349. The highest BCUT2D eigenvalue weighted by Crippen LogP contribution is 2.30. The molecule has 8 heteroatoms. The largest absolute Gasteiger partial charge is 0.494 e. The Bertz CT molecular complexity index is 1110. The van der Waals surface area contributed by atoms with Crippen molar-refractivity contribution >= 4 is 20.9 Å². The van der Waals surface area contributed by atoms with Gasteiger partial charge in [-0.15, -0.1) is 0 Å². The van der Waals surface area contributed by atoms with E-state index in [2.05, 4.69) is 10.1 Å². The number of nitrogens with zero attached hydrogens (tertiary/aromatic N) is 1. The van der Waals surface area contributed by atoms with E-state index in [0.29, 0.717) is 11.4 Å². The molecule has 0 aliphatic carbocycles. The fourth-order valence-electron chi connectivity index (χ4n) is 3.10. The van der Waals surface area contributed by atoms with Crippen LogP contribution < -0.4 is 10.1 Å². The number of halogens is 2. The normalized spacial score (nSPS) is 15.2. The molecule has 1 aromatic heterocycles. The van der Waals surface area contributed by atoms with Crippen LogP contribution in [0.1, 0.15) is 11.5 Å². The zero-order valence-electron chi connectivity index (χ0n) is 13.9. The first kappa shape index (κ1) is 17.0. The molecular weight excluding hydrogens is 362 g/mol. The lowest BCUT2D eigenvalue weighted by Crippen LogP contribution is -2.39. The van der Waals surface area contributed by atoms with Crippen molar-refractivity contribution in [1.82, 2.24) is 9.29 Å². The highest BCUT2D eigenvalue weighted by atomic mass is 32.2. The Morgan fingerprint density at radius 3 is 2.54 bits per heavy atom. The van der Waals surface area contributed by atoms with E-state index >= 15 is 0 Å². The second-order valence-electron chi connectivity index (χ2n) is 6.18. The maximum absolute atomic E-state index is 14.3. The molecule has 26 heavy (non-hydrogen) atoms. The molecule has 0 spiro atoms. The quantitative estimate of drug-likeness (QED) is 0.759. The summed E-state index contributed by atoms with van der Waals surface area (Å²) >= 11 is 0. The second kappa shape index (κ2) is 6.07. The molecule has 0 atom stereocenters. The van der Waals surface area contributed by atoms with E-state index < -0.39 is 26.6 Å². The summed E-state index contributed by atoms with van der Waals surface area (Å²) in [6, 6.07) is 9.24. The topological polar surface area (TPSA) is 60.3 Å². The SMILES string of the molecule is COc1ccc(S(=O)(=O)n2ccc3cc(C4CNC4)ccc32)c(F)c1F. The summed E-state index contributed by atoms with van der Waals surface area (Å²) in [4.78, 5) is -0.736. The number of rotatable bonds is 4. The zero-order valence-corrected chi connectivity index (χ0v) is 14.7. The van der Waals surface area contributed by atoms with Gasteiger partial charge in [-0.2, -0.15) is 4.39 Å². The predicted octanol–water partition coefficient (Wildman–Crippen LogP) is 2.85. The zero-order chi connectivity index (χ0) is 18.5. The van der Waals surface area contributed by atoms with Crippen LogP contribution in [0.3, 0.4) is 0 Å². The molecule has 5 nitrogen and oxygen atoms in total. The van der Waals surface area contributed by atoms with E-state index in [1.165, 1.54) is 13.3 Å². The van der Waals surface area contributed by atoms with Gasteiger partial charge in [0.25, 0.3) is 10.0 Å². The third kappa shape index (κ3) is 2.48. The lowest BCUT2D eigenvalue weighted by Gasteiger charge is -2.27. The number of fused-ring (bicyclic) bond motifs is 1. The average molecular weight is 378 g/mol. The van der Waals surface area contributed by atoms with Crippen molar-refractivity contribution in [2.24, 2.45) is 0 Å². The van der Waals surface area contributed by atoms with Gasteiger partial charge >= 0.3 is 0 Å². The van der Waals surface area contributed by atoms with Gasteiger partial charge in [-0.05, 0) is 35.9 Å². The summed E-state index contributed by atoms with van der Waals surface area (Å²) in [6.07, 6.45) is 1.35. The Kier molecular flexibility index (Phi) is 3.96. The van der Waals surface area contributed by atoms with Crippen LogP contribution in [0, 0.1) is 11.6 Å². The molecule has 0 saturated carbocycles. The smallest absolute Gasteiger partial charge is 0.271 e. The Morgan fingerprint density at radius 1 is 1.12 bits per heavy atom. The number of ether oxygens (including phenoxy) is 1. The van der Waals surface area contributed by atoms with Crippen molar-refractivity contribution < 1.29 is 21.9 Å². The molecule has 1 fully saturated rings. The summed E-state index contributed by atoms with van der Waals surface area (Å²) in [5, 5.41) is 3.92. The van der Waals surface area contributed by atoms with Gasteiger partial charge in [0.05, 0.1) is 12.6 Å². The number of methoxy groups -OCH3 is 1. The maximum atomic E-state index is 14.3. The van der Waals surface area contributed by atoms with Crippen molar-refractivity contribution in [3.63, 3.8) is 0 Å². The van der Waals surface area contributed by atoms with Gasteiger partial charge in [0.15, 0.2) is 11.6 Å². The molecule has 1 N–H and O–H groups in total. The minimum Gasteiger partial charge on any atom is -0.494 e. The van der Waals surface area contributed by atoms with Crippen LogP contribution in [0.15, 0.2) is 47.5 Å². The molecule has 0 radical (unpaired) electrons. The van der Waals surface area contributed by atoms with Crippen LogP contribution >= 0.6 is 0 Å². The van der Waals surface area contributed by atoms with Gasteiger partial charge in [-0.3, -0.25) is 0 Å². The van der Waals surface area contributed by atoms with Crippen LogP contribution in [0.4, 0.5) is 8.78 Å². The van der Waals surface area contributed by atoms with Crippen LogP contribution in [0.25, 0.3) is 10.9 Å². The highest BCUT2D eigenvalue weighted by molar-refractivity contribution is 7.90. The van der Waals surface area contributed by atoms with E-state index in [1.54, 1.807) is 12.1 Å². The van der Waals surface area contributed by atoms with Crippen LogP contribution in [-0.4, -0.2) is 32.6 Å². The Hall–Kier alpha value is -2.45. The molecule has 0 bridgehead atoms. The Morgan fingerprint density at radius 2 is 1.88 bits per heavy atom. The molecule has 1 aliphatic heterocycles. The van der Waals surface area contributed by atoms with Gasteiger partial charge in [0.2, 0.25) is 5.82 Å². The fraction of sp³-hybridized carbons (Fsp3) is 0.222. The molecule has 136 valence electrons. The van der Waals surface area contributed by atoms with Crippen molar-refractivity contribution in [2.45, 2.75) is 10.8 Å². The third-order valence-electron chi connectivity index (χ3n) is 4.70. The van der Waals surface area contributed by atoms with Gasteiger partial charge in [-0.1, -0.05) is 6.07 Å². The third-order valence-corrected chi connectivity index (χ3v) is 6.41. The fourth-order valence-corrected chi connectivity index (χ4v) is 4.51. The first-order valence-electron chi connectivity index (χ1n) is 8.03. The standard InChI is InChI=1S/C18H16F2N2O3S/c1-25-15-4-5-16(18(20)17(15)19)26(23,24)22-7-6-12-8-11(2-3-14(12)22)13-9-21-10-13/h2-8,13,21H,9-10H2,1H3. The van der Waals surface area contributed by atoms with Crippen molar-refractivity contribution in [2.75, 3.05) is 20.2 Å². The van der Waals surface area contributed by atoms with Crippen molar-refractivity contribution in [3.05, 3.63) is 59.8 Å². The molecule has 2 aromatic carbocycles. The summed E-state index contributed by atoms with van der Waals surface area (Å²) in [7, 11) is -3.11. The van der Waals surface area contributed by atoms with Crippen LogP contribution in [0.5, 0.6) is 5.75 Å². The molecule has 2 heterocycles. The minimum atomic E-state index is -4.29. The highest BCUT2D eigenvalue weighted by Gasteiger charge is 2.27. The molecule has 1 saturated heterocycles. The molecule has 0 amide bonds. The average Bonchev–Trinajstić information content (AvgIpc) is 2.99. The molecule has 3 aromatic rings. The summed E-state index contributed by atoms with van der Waals surface area (Å²) in [5.41, 5.74) is 1.53. The first-order chi connectivity index (χ1) is 12.4. The number of benzene rings is 2. The number of hydrogen-bond acceptors (Lipinski definition) is 4. The predicted molar refractivity (Wildman–Crippen MR) is 93.0 cm³/mol. The Balaban J connectivity index is 1.82. The van der Waals surface area contributed by atoms with E-state index in [4.69, 9.17) is 0 Å². The van der Waals surface area contributed by atoms with Crippen LogP contribution in [-0.2, 0) is 10.0 Å². The molecule has 4 rings (SSSR count). The van der Waals surface area contributed by atoms with Crippen molar-refractivity contribution in [3.8, 4) is 5.75 Å². The second-order valence-corrected chi connectivity index (χ2v) is 7.97. The number of hydrogen-bond donors (Lipinski definition) is 1. The van der Waals surface area contributed by atoms with E-state index in [-0.39, 0.29) is 5.75 Å². The van der Waals surface area contributed by atoms with E-state index in [0.717, 1.165) is 40.1 Å². The molecular formula is C18H16F2N2O3S. The number of nitrogens with one attached hydrogen (secondary N) is 1. The Labute approximate surface area is 149 Å². The molecule has 0 unspecified atom stereocenters. The lowest BCUT2D eigenvalue weighted by atomic mass is 9.93. The van der Waals surface area contributed by atoms with Gasteiger partial charge < -0.3 is 10.1 Å². The van der Waals surface area contributed by atoms with Gasteiger partial charge in [0.1, 0.15) is 4.90 Å².